The molecule has 3 heteroatoms. The standard InChI is InChI=1S/C13H25N3/c1-5-16-10-9-15-13(16)8-6-7-12(14-4)11(2)3/h9-12,14H,5-8H2,1-4H3. The van der Waals surface area contributed by atoms with E-state index in [2.05, 4.69) is 48.9 Å². The predicted molar refractivity (Wildman–Crippen MR) is 68.5 cm³/mol. The number of hydrogen-bond acceptors (Lipinski definition) is 2. The van der Waals surface area contributed by atoms with Gasteiger partial charge in [0.25, 0.3) is 0 Å². The third-order valence-corrected chi connectivity index (χ3v) is 3.23. The van der Waals surface area contributed by atoms with Crippen LogP contribution in [0, 0.1) is 5.92 Å². The van der Waals surface area contributed by atoms with Crippen LogP contribution in [0.4, 0.5) is 0 Å². The molecule has 0 aliphatic rings. The number of aryl methyl sites for hydroxylation is 2. The summed E-state index contributed by atoms with van der Waals surface area (Å²) in [6.07, 6.45) is 7.49. The smallest absolute Gasteiger partial charge is 0.108 e. The Morgan fingerprint density at radius 2 is 2.19 bits per heavy atom. The van der Waals surface area contributed by atoms with Crippen LogP contribution in [-0.2, 0) is 13.0 Å². The second-order valence-corrected chi connectivity index (χ2v) is 4.66. The van der Waals surface area contributed by atoms with E-state index in [1.807, 2.05) is 6.20 Å². The highest BCUT2D eigenvalue weighted by atomic mass is 15.0. The van der Waals surface area contributed by atoms with Crippen molar-refractivity contribution in [3.63, 3.8) is 0 Å². The summed E-state index contributed by atoms with van der Waals surface area (Å²) in [5.41, 5.74) is 0. The summed E-state index contributed by atoms with van der Waals surface area (Å²) in [6.45, 7) is 7.73. The van der Waals surface area contributed by atoms with Gasteiger partial charge in [0.05, 0.1) is 0 Å². The summed E-state index contributed by atoms with van der Waals surface area (Å²) in [5.74, 6) is 1.93. The van der Waals surface area contributed by atoms with E-state index in [1.165, 1.54) is 18.7 Å². The monoisotopic (exact) mass is 223 g/mol. The molecule has 0 aliphatic carbocycles. The quantitative estimate of drug-likeness (QED) is 0.769. The van der Waals surface area contributed by atoms with Crippen molar-refractivity contribution in [2.45, 2.75) is 52.6 Å². The molecule has 0 amide bonds. The number of nitrogens with zero attached hydrogens (tertiary/aromatic N) is 2. The maximum Gasteiger partial charge on any atom is 0.108 e. The van der Waals surface area contributed by atoms with Crippen molar-refractivity contribution in [2.24, 2.45) is 5.92 Å². The first-order valence-electron chi connectivity index (χ1n) is 6.36. The Morgan fingerprint density at radius 1 is 1.44 bits per heavy atom. The third-order valence-electron chi connectivity index (χ3n) is 3.23. The van der Waals surface area contributed by atoms with Crippen LogP contribution in [0.2, 0.25) is 0 Å². The van der Waals surface area contributed by atoms with Crippen molar-refractivity contribution in [3.05, 3.63) is 18.2 Å². The van der Waals surface area contributed by atoms with Gasteiger partial charge in [0.1, 0.15) is 5.82 Å². The zero-order valence-corrected chi connectivity index (χ0v) is 11.0. The average molecular weight is 223 g/mol. The molecule has 0 radical (unpaired) electrons. The van der Waals surface area contributed by atoms with Gasteiger partial charge in [-0.25, -0.2) is 4.98 Å². The van der Waals surface area contributed by atoms with Crippen LogP contribution in [0.5, 0.6) is 0 Å². The molecule has 1 aromatic rings. The van der Waals surface area contributed by atoms with Crippen molar-refractivity contribution < 1.29 is 0 Å². The summed E-state index contributed by atoms with van der Waals surface area (Å²) in [6, 6.07) is 0.630. The minimum Gasteiger partial charge on any atom is -0.335 e. The summed E-state index contributed by atoms with van der Waals surface area (Å²) >= 11 is 0. The lowest BCUT2D eigenvalue weighted by Crippen LogP contribution is -2.30. The SMILES string of the molecule is CCn1ccnc1CCCC(NC)C(C)C. The summed E-state index contributed by atoms with van der Waals surface area (Å²) in [4.78, 5) is 4.40. The molecule has 3 nitrogen and oxygen atoms in total. The molecule has 1 unspecified atom stereocenters. The van der Waals surface area contributed by atoms with Gasteiger partial charge >= 0.3 is 0 Å². The van der Waals surface area contributed by atoms with E-state index >= 15 is 0 Å². The summed E-state index contributed by atoms with van der Waals surface area (Å²) in [5, 5.41) is 3.38. The van der Waals surface area contributed by atoms with Gasteiger partial charge in [-0.1, -0.05) is 13.8 Å². The Hall–Kier alpha value is -0.830. The molecular formula is C13H25N3. The van der Waals surface area contributed by atoms with Crippen molar-refractivity contribution in [2.75, 3.05) is 7.05 Å². The number of aromatic nitrogens is 2. The second kappa shape index (κ2) is 6.69. The summed E-state index contributed by atoms with van der Waals surface area (Å²) < 4.78 is 2.23. The molecule has 1 atom stereocenters. The Labute approximate surface area is 99.3 Å². The van der Waals surface area contributed by atoms with Gasteiger partial charge in [-0.05, 0) is 32.7 Å². The van der Waals surface area contributed by atoms with E-state index in [-0.39, 0.29) is 0 Å². The van der Waals surface area contributed by atoms with E-state index in [1.54, 1.807) is 0 Å². The van der Waals surface area contributed by atoms with E-state index in [9.17, 15) is 0 Å². The Bertz CT molecular complexity index is 291. The van der Waals surface area contributed by atoms with Crippen LogP contribution >= 0.6 is 0 Å². The number of rotatable bonds is 7. The van der Waals surface area contributed by atoms with Gasteiger partial charge in [-0.3, -0.25) is 0 Å². The largest absolute Gasteiger partial charge is 0.335 e. The number of nitrogens with one attached hydrogen (secondary N) is 1. The second-order valence-electron chi connectivity index (χ2n) is 4.66. The molecule has 0 aliphatic heterocycles. The molecule has 16 heavy (non-hydrogen) atoms. The molecule has 1 rings (SSSR count). The fraction of sp³-hybridized carbons (Fsp3) is 0.769. The fourth-order valence-electron chi connectivity index (χ4n) is 2.15. The third kappa shape index (κ3) is 3.63. The lowest BCUT2D eigenvalue weighted by molar-refractivity contribution is 0.391. The van der Waals surface area contributed by atoms with Crippen molar-refractivity contribution in [1.29, 1.82) is 0 Å². The molecule has 1 heterocycles. The Kier molecular flexibility index (Phi) is 5.53. The number of hydrogen-bond donors (Lipinski definition) is 1. The lowest BCUT2D eigenvalue weighted by atomic mass is 9.98. The molecule has 0 spiro atoms. The van der Waals surface area contributed by atoms with Gasteiger partial charge in [0.2, 0.25) is 0 Å². The maximum atomic E-state index is 4.40. The van der Waals surface area contributed by atoms with Gasteiger partial charge < -0.3 is 9.88 Å². The van der Waals surface area contributed by atoms with Gasteiger partial charge in [-0.15, -0.1) is 0 Å². The highest BCUT2D eigenvalue weighted by Crippen LogP contribution is 2.11. The average Bonchev–Trinajstić information content (AvgIpc) is 2.71. The first-order valence-corrected chi connectivity index (χ1v) is 6.36. The van der Waals surface area contributed by atoms with E-state index < -0.39 is 0 Å². The van der Waals surface area contributed by atoms with Crippen molar-refractivity contribution in [1.82, 2.24) is 14.9 Å². The van der Waals surface area contributed by atoms with Crippen LogP contribution in [0.3, 0.4) is 0 Å². The topological polar surface area (TPSA) is 29.9 Å². The molecule has 0 saturated heterocycles. The molecule has 0 fully saturated rings. The Morgan fingerprint density at radius 3 is 2.75 bits per heavy atom. The van der Waals surface area contributed by atoms with Crippen molar-refractivity contribution in [3.8, 4) is 0 Å². The molecule has 0 saturated carbocycles. The van der Waals surface area contributed by atoms with Gasteiger partial charge in [0.15, 0.2) is 0 Å². The van der Waals surface area contributed by atoms with E-state index in [4.69, 9.17) is 0 Å². The minimum atomic E-state index is 0.630. The summed E-state index contributed by atoms with van der Waals surface area (Å²) in [7, 11) is 2.05. The van der Waals surface area contributed by atoms with Crippen LogP contribution < -0.4 is 5.32 Å². The van der Waals surface area contributed by atoms with E-state index in [0.717, 1.165) is 13.0 Å². The molecular weight excluding hydrogens is 198 g/mol. The maximum absolute atomic E-state index is 4.40. The van der Waals surface area contributed by atoms with Gasteiger partial charge in [-0.2, -0.15) is 0 Å². The van der Waals surface area contributed by atoms with Crippen LogP contribution in [0.15, 0.2) is 12.4 Å². The molecule has 0 bridgehead atoms. The van der Waals surface area contributed by atoms with E-state index in [0.29, 0.717) is 12.0 Å². The molecule has 1 aromatic heterocycles. The highest BCUT2D eigenvalue weighted by Gasteiger charge is 2.10. The lowest BCUT2D eigenvalue weighted by Gasteiger charge is -2.19. The van der Waals surface area contributed by atoms with Gasteiger partial charge in [0, 0.05) is 31.4 Å². The van der Waals surface area contributed by atoms with Crippen molar-refractivity contribution >= 4 is 0 Å². The minimum absolute atomic E-state index is 0.630. The van der Waals surface area contributed by atoms with Crippen LogP contribution in [-0.4, -0.2) is 22.6 Å². The molecule has 0 aromatic carbocycles. The fourth-order valence-corrected chi connectivity index (χ4v) is 2.15. The zero-order valence-electron chi connectivity index (χ0n) is 11.0. The van der Waals surface area contributed by atoms with Crippen LogP contribution in [0.1, 0.15) is 39.4 Å². The number of imidazole rings is 1. The normalized spacial score (nSPS) is 13.3. The highest BCUT2D eigenvalue weighted by molar-refractivity contribution is 4.92. The Balaban J connectivity index is 2.35. The predicted octanol–water partition coefficient (Wildman–Crippen LogP) is 2.47. The molecule has 92 valence electrons. The van der Waals surface area contributed by atoms with Crippen LogP contribution in [0.25, 0.3) is 0 Å². The zero-order chi connectivity index (χ0) is 12.0. The molecule has 1 N–H and O–H groups in total. The first kappa shape index (κ1) is 13.2. The first-order chi connectivity index (χ1) is 7.69.